The first-order valence-electron chi connectivity index (χ1n) is 9.26. The van der Waals surface area contributed by atoms with Crippen molar-refractivity contribution in [1.29, 1.82) is 0 Å². The van der Waals surface area contributed by atoms with Gasteiger partial charge in [0, 0.05) is 6.42 Å². The van der Waals surface area contributed by atoms with E-state index >= 15 is 0 Å². The number of rotatable bonds is 10. The molecule has 0 amide bonds. The van der Waals surface area contributed by atoms with Crippen molar-refractivity contribution < 1.29 is 27.5 Å². The summed E-state index contributed by atoms with van der Waals surface area (Å²) in [5.74, 6) is -0.904. The predicted octanol–water partition coefficient (Wildman–Crippen LogP) is 4.22. The number of alkyl halides is 1. The van der Waals surface area contributed by atoms with Crippen LogP contribution in [0.15, 0.2) is 9.98 Å². The summed E-state index contributed by atoms with van der Waals surface area (Å²) >= 11 is 0. The lowest BCUT2D eigenvalue weighted by Crippen LogP contribution is -2.39. The first-order valence-corrected chi connectivity index (χ1v) is 10.9. The molecule has 3 atom stereocenters. The van der Waals surface area contributed by atoms with E-state index in [2.05, 4.69) is 9.98 Å². The topological polar surface area (TPSA) is 78.7 Å². The Morgan fingerprint density at radius 3 is 1.96 bits per heavy atom. The average Bonchev–Trinajstić information content (AvgIpc) is 2.57. The molecule has 0 saturated carbocycles. The van der Waals surface area contributed by atoms with E-state index in [1.807, 2.05) is 27.7 Å². The zero-order valence-corrected chi connectivity index (χ0v) is 17.5. The summed E-state index contributed by atoms with van der Waals surface area (Å²) in [6.07, 6.45) is -0.211. The van der Waals surface area contributed by atoms with Crippen molar-refractivity contribution in [2.45, 2.75) is 66.0 Å². The monoisotopic (exact) mass is 394 g/mol. The van der Waals surface area contributed by atoms with Gasteiger partial charge in [-0.2, -0.15) is 0 Å². The van der Waals surface area contributed by atoms with Crippen molar-refractivity contribution in [3.63, 3.8) is 0 Å². The average molecular weight is 394 g/mol. The van der Waals surface area contributed by atoms with E-state index < -0.39 is 19.6 Å². The fourth-order valence-electron chi connectivity index (χ4n) is 2.58. The molecule has 0 saturated heterocycles. The van der Waals surface area contributed by atoms with Crippen molar-refractivity contribution in [2.24, 2.45) is 15.9 Å². The highest BCUT2D eigenvalue weighted by Crippen LogP contribution is 2.55. The third-order valence-electron chi connectivity index (χ3n) is 3.68. The first kappa shape index (κ1) is 23.1. The molecule has 26 heavy (non-hydrogen) atoms. The normalized spacial score (nSPS) is 22.0. The van der Waals surface area contributed by atoms with E-state index in [-0.39, 0.29) is 31.6 Å². The van der Waals surface area contributed by atoms with Gasteiger partial charge in [-0.1, -0.05) is 13.8 Å². The number of aliphatic imine (C=N–C) groups is 2. The summed E-state index contributed by atoms with van der Waals surface area (Å²) in [4.78, 5) is 9.09. The second-order valence-corrected chi connectivity index (χ2v) is 8.21. The molecule has 7 nitrogen and oxygen atoms in total. The number of nitrogens with zero attached hydrogens (tertiary/aromatic N) is 2. The molecule has 9 heteroatoms. The highest BCUT2D eigenvalue weighted by molar-refractivity contribution is 7.54. The summed E-state index contributed by atoms with van der Waals surface area (Å²) in [5, 5.41) is 0. The lowest BCUT2D eigenvalue weighted by atomic mass is 10.0. The van der Waals surface area contributed by atoms with E-state index in [0.717, 1.165) is 0 Å². The van der Waals surface area contributed by atoms with Crippen molar-refractivity contribution in [3.05, 3.63) is 0 Å². The molecular weight excluding hydrogens is 362 g/mol. The number of ether oxygens (including phenoxy) is 2. The van der Waals surface area contributed by atoms with Crippen LogP contribution in [0.5, 0.6) is 0 Å². The highest BCUT2D eigenvalue weighted by Gasteiger charge is 2.41. The maximum absolute atomic E-state index is 14.9. The van der Waals surface area contributed by atoms with Crippen LogP contribution in [-0.4, -0.2) is 56.2 Å². The van der Waals surface area contributed by atoms with E-state index in [9.17, 15) is 8.96 Å². The summed E-state index contributed by atoms with van der Waals surface area (Å²) < 4.78 is 48.9. The van der Waals surface area contributed by atoms with Gasteiger partial charge in [-0.25, -0.2) is 14.4 Å². The van der Waals surface area contributed by atoms with Crippen LogP contribution in [0.25, 0.3) is 0 Å². The van der Waals surface area contributed by atoms with Crippen LogP contribution in [0.2, 0.25) is 0 Å². The fraction of sp³-hybridized carbons (Fsp3) is 0.882. The Morgan fingerprint density at radius 2 is 1.50 bits per heavy atom. The van der Waals surface area contributed by atoms with Crippen LogP contribution in [0.4, 0.5) is 4.39 Å². The summed E-state index contributed by atoms with van der Waals surface area (Å²) in [7, 11) is -3.88. The van der Waals surface area contributed by atoms with Gasteiger partial charge in [0.2, 0.25) is 17.7 Å². The third kappa shape index (κ3) is 6.03. The molecule has 0 bridgehead atoms. The van der Waals surface area contributed by atoms with Crippen LogP contribution in [-0.2, 0) is 23.1 Å². The van der Waals surface area contributed by atoms with E-state index in [4.69, 9.17) is 18.5 Å². The Hall–Kier alpha value is -0.980. The second kappa shape index (κ2) is 11.0. The number of hydrogen-bond donors (Lipinski definition) is 0. The van der Waals surface area contributed by atoms with Crippen molar-refractivity contribution in [1.82, 2.24) is 0 Å². The van der Waals surface area contributed by atoms with Gasteiger partial charge in [0.15, 0.2) is 0 Å². The number of hydrogen-bond acceptors (Lipinski definition) is 7. The summed E-state index contributed by atoms with van der Waals surface area (Å²) in [6.45, 7) is 12.0. The van der Waals surface area contributed by atoms with Gasteiger partial charge < -0.3 is 18.5 Å². The maximum Gasteiger partial charge on any atom is 0.364 e. The van der Waals surface area contributed by atoms with Gasteiger partial charge in [0.25, 0.3) is 0 Å². The van der Waals surface area contributed by atoms with Crippen molar-refractivity contribution in [2.75, 3.05) is 26.4 Å². The molecule has 0 aromatic rings. The molecule has 1 rings (SSSR count). The van der Waals surface area contributed by atoms with Crippen molar-refractivity contribution in [3.8, 4) is 0 Å². The molecule has 0 fully saturated rings. The Kier molecular flexibility index (Phi) is 9.75. The molecule has 0 unspecified atom stereocenters. The largest absolute Gasteiger partial charge is 0.480 e. The fourth-order valence-corrected chi connectivity index (χ4v) is 4.15. The smallest absolute Gasteiger partial charge is 0.364 e. The number of halogens is 1. The van der Waals surface area contributed by atoms with Gasteiger partial charge in [0.05, 0.1) is 26.4 Å². The summed E-state index contributed by atoms with van der Waals surface area (Å²) in [6, 6.07) is -1.01. The minimum atomic E-state index is -3.88. The van der Waals surface area contributed by atoms with Gasteiger partial charge >= 0.3 is 7.60 Å². The SMILES string of the molecule is CCOC1=N[C@H](C(C)C)C(OCC)=N[C@H]1C[C@@H](F)P(=O)(OCC)OCC. The molecule has 1 aliphatic rings. The van der Waals surface area contributed by atoms with Gasteiger partial charge in [-0.3, -0.25) is 4.57 Å². The maximum atomic E-state index is 14.9. The zero-order chi connectivity index (χ0) is 19.7. The van der Waals surface area contributed by atoms with E-state index in [1.165, 1.54) is 0 Å². The lowest BCUT2D eigenvalue weighted by molar-refractivity contribution is 0.184. The summed E-state index contributed by atoms with van der Waals surface area (Å²) in [5.41, 5.74) is 0. The lowest BCUT2D eigenvalue weighted by Gasteiger charge is -2.29. The van der Waals surface area contributed by atoms with Crippen molar-refractivity contribution >= 4 is 19.4 Å². The Balaban J connectivity index is 3.09. The third-order valence-corrected chi connectivity index (χ3v) is 5.82. The standard InChI is InChI=1S/C17H32FN2O5P/c1-7-22-16-13(11-14(18)26(21,24-9-3)25-10-4)19-17(23-8-2)15(20-16)12(5)6/h12-15H,7-11H2,1-6H3/t13-,14-,15+/m0/s1. The molecule has 0 spiro atoms. The minimum Gasteiger partial charge on any atom is -0.480 e. The van der Waals surface area contributed by atoms with Crippen LogP contribution in [0.3, 0.4) is 0 Å². The predicted molar refractivity (Wildman–Crippen MR) is 101 cm³/mol. The molecule has 0 aliphatic carbocycles. The molecule has 1 aliphatic heterocycles. The minimum absolute atomic E-state index is 0.0949. The van der Waals surface area contributed by atoms with Crippen LogP contribution in [0, 0.1) is 5.92 Å². The Labute approximate surface area is 155 Å². The molecule has 0 aromatic carbocycles. The Morgan fingerprint density at radius 1 is 0.962 bits per heavy atom. The zero-order valence-electron chi connectivity index (χ0n) is 16.6. The molecule has 0 aromatic heterocycles. The molecular formula is C17H32FN2O5P. The van der Waals surface area contributed by atoms with Gasteiger partial charge in [-0.15, -0.1) is 0 Å². The van der Waals surface area contributed by atoms with Crippen LogP contribution < -0.4 is 0 Å². The van der Waals surface area contributed by atoms with Gasteiger partial charge in [0.1, 0.15) is 12.1 Å². The first-order chi connectivity index (χ1) is 12.3. The molecule has 152 valence electrons. The van der Waals surface area contributed by atoms with Gasteiger partial charge in [-0.05, 0) is 33.6 Å². The van der Waals surface area contributed by atoms with Crippen LogP contribution >= 0.6 is 7.60 Å². The van der Waals surface area contributed by atoms with E-state index in [0.29, 0.717) is 25.0 Å². The van der Waals surface area contributed by atoms with Crippen LogP contribution in [0.1, 0.15) is 48.0 Å². The van der Waals surface area contributed by atoms with E-state index in [1.54, 1.807) is 13.8 Å². The Bertz CT molecular complexity index is 531. The second-order valence-electron chi connectivity index (χ2n) is 6.05. The molecule has 1 heterocycles. The molecule has 0 N–H and O–H groups in total. The highest BCUT2D eigenvalue weighted by atomic mass is 31.2. The quantitative estimate of drug-likeness (QED) is 0.519. The molecule has 0 radical (unpaired) electrons.